The van der Waals surface area contributed by atoms with Gasteiger partial charge in [0.05, 0.1) is 13.1 Å². The quantitative estimate of drug-likeness (QED) is 0.402. The van der Waals surface area contributed by atoms with Crippen LogP contribution in [0.25, 0.3) is 6.20 Å². The number of aromatic nitrogens is 3. The lowest BCUT2D eigenvalue weighted by Gasteiger charge is -2.12. The molecule has 25 heavy (non-hydrogen) atoms. The second-order valence-electron chi connectivity index (χ2n) is 4.45. The van der Waals surface area contributed by atoms with Crippen LogP contribution in [0, 0.1) is 0 Å². The van der Waals surface area contributed by atoms with Gasteiger partial charge >= 0.3 is 29.0 Å². The fraction of sp³-hybridized carbons (Fsp3) is 0.267. The van der Waals surface area contributed by atoms with E-state index < -0.39 is 29.0 Å². The third kappa shape index (κ3) is 4.77. The van der Waals surface area contributed by atoms with Crippen LogP contribution in [-0.2, 0) is 32.2 Å². The Balaban J connectivity index is 3.17. The SMILES string of the molecule is C=CC(=O)OCCn1c(=O)n(C=C)c(=O)n(CCOC(=O)C=C)c1=O. The van der Waals surface area contributed by atoms with Gasteiger partial charge in [0.15, 0.2) is 0 Å². The number of rotatable bonds is 9. The van der Waals surface area contributed by atoms with Crippen LogP contribution in [-0.4, -0.2) is 38.9 Å². The van der Waals surface area contributed by atoms with Crippen LogP contribution in [0.5, 0.6) is 0 Å². The number of carbonyl (C=O) groups is 2. The van der Waals surface area contributed by atoms with Gasteiger partial charge in [0.25, 0.3) is 0 Å². The van der Waals surface area contributed by atoms with Crippen molar-refractivity contribution in [2.75, 3.05) is 13.2 Å². The molecule has 134 valence electrons. The van der Waals surface area contributed by atoms with Crippen LogP contribution in [0.4, 0.5) is 0 Å². The molecule has 0 aliphatic carbocycles. The number of hydrogen-bond acceptors (Lipinski definition) is 7. The second-order valence-corrected chi connectivity index (χ2v) is 4.45. The lowest BCUT2D eigenvalue weighted by Crippen LogP contribution is -2.54. The second kappa shape index (κ2) is 9.01. The summed E-state index contributed by atoms with van der Waals surface area (Å²) in [6.07, 6.45) is 2.81. The molecule has 0 aliphatic heterocycles. The van der Waals surface area contributed by atoms with Crippen molar-refractivity contribution in [2.45, 2.75) is 13.1 Å². The summed E-state index contributed by atoms with van der Waals surface area (Å²) < 4.78 is 11.5. The van der Waals surface area contributed by atoms with Crippen LogP contribution < -0.4 is 17.1 Å². The first-order valence-corrected chi connectivity index (χ1v) is 7.04. The lowest BCUT2D eigenvalue weighted by molar-refractivity contribution is -0.138. The largest absolute Gasteiger partial charge is 0.461 e. The summed E-state index contributed by atoms with van der Waals surface area (Å²) >= 11 is 0. The van der Waals surface area contributed by atoms with Crippen molar-refractivity contribution < 1.29 is 19.1 Å². The zero-order chi connectivity index (χ0) is 19.0. The number of hydrogen-bond donors (Lipinski definition) is 0. The molecule has 0 bridgehead atoms. The normalized spacial score (nSPS) is 9.92. The third-order valence-corrected chi connectivity index (χ3v) is 2.97. The van der Waals surface area contributed by atoms with Gasteiger partial charge < -0.3 is 9.47 Å². The third-order valence-electron chi connectivity index (χ3n) is 2.97. The number of esters is 2. The predicted molar refractivity (Wildman–Crippen MR) is 87.9 cm³/mol. The molecule has 0 saturated carbocycles. The first-order chi connectivity index (χ1) is 11.9. The van der Waals surface area contributed by atoms with Gasteiger partial charge in [-0.1, -0.05) is 19.7 Å². The Hall–Kier alpha value is -3.43. The van der Waals surface area contributed by atoms with E-state index in [2.05, 4.69) is 19.7 Å². The number of nitrogens with zero attached hydrogens (tertiary/aromatic N) is 3. The smallest absolute Gasteiger partial charge is 0.340 e. The van der Waals surface area contributed by atoms with Crippen LogP contribution in [0.15, 0.2) is 46.3 Å². The summed E-state index contributed by atoms with van der Waals surface area (Å²) in [5.74, 6) is -1.44. The highest BCUT2D eigenvalue weighted by Gasteiger charge is 2.14. The molecular formula is C15H17N3O7. The summed E-state index contributed by atoms with van der Waals surface area (Å²) in [6, 6.07) is 0. The van der Waals surface area contributed by atoms with E-state index in [0.717, 1.165) is 18.4 Å². The number of carbonyl (C=O) groups excluding carboxylic acids is 2. The van der Waals surface area contributed by atoms with Gasteiger partial charge in [-0.15, -0.1) is 0 Å². The van der Waals surface area contributed by atoms with Crippen LogP contribution in [0.2, 0.25) is 0 Å². The van der Waals surface area contributed by atoms with Crippen molar-refractivity contribution in [2.24, 2.45) is 0 Å². The van der Waals surface area contributed by atoms with Gasteiger partial charge in [0.2, 0.25) is 0 Å². The monoisotopic (exact) mass is 351 g/mol. The van der Waals surface area contributed by atoms with E-state index in [1.54, 1.807) is 0 Å². The molecule has 0 atom stereocenters. The van der Waals surface area contributed by atoms with Gasteiger partial charge in [-0.05, 0) is 0 Å². The van der Waals surface area contributed by atoms with Crippen molar-refractivity contribution >= 4 is 18.1 Å². The molecule has 1 heterocycles. The molecule has 0 saturated heterocycles. The standard InChI is InChI=1S/C15H17N3O7/c1-4-11(19)24-9-7-17-13(21)16(6-3)14(22)18(15(17)23)8-10-25-12(20)5-2/h4-6H,1-3,7-10H2. The van der Waals surface area contributed by atoms with E-state index in [1.165, 1.54) is 0 Å². The van der Waals surface area contributed by atoms with Gasteiger partial charge in [0, 0.05) is 18.4 Å². The Morgan fingerprint density at radius 2 is 1.20 bits per heavy atom. The minimum atomic E-state index is -0.933. The molecule has 10 nitrogen and oxygen atoms in total. The highest BCUT2D eigenvalue weighted by Crippen LogP contribution is 1.84. The van der Waals surface area contributed by atoms with Crippen molar-refractivity contribution in [3.63, 3.8) is 0 Å². The molecule has 0 amide bonds. The van der Waals surface area contributed by atoms with Gasteiger partial charge in [-0.3, -0.25) is 0 Å². The summed E-state index contributed by atoms with van der Waals surface area (Å²) in [5.41, 5.74) is -2.80. The van der Waals surface area contributed by atoms with Crippen LogP contribution >= 0.6 is 0 Å². The van der Waals surface area contributed by atoms with Crippen LogP contribution in [0.3, 0.4) is 0 Å². The minimum absolute atomic E-state index is 0.277. The maximum absolute atomic E-state index is 12.3. The van der Waals surface area contributed by atoms with Gasteiger partial charge in [0.1, 0.15) is 13.2 Å². The van der Waals surface area contributed by atoms with E-state index >= 15 is 0 Å². The van der Waals surface area contributed by atoms with Crippen molar-refractivity contribution in [1.82, 2.24) is 13.7 Å². The van der Waals surface area contributed by atoms with Gasteiger partial charge in [-0.2, -0.15) is 0 Å². The highest BCUT2D eigenvalue weighted by molar-refractivity contribution is 5.81. The molecule has 0 unspecified atom stereocenters. The Morgan fingerprint density at radius 1 is 0.800 bits per heavy atom. The molecule has 0 aliphatic rings. The molecule has 10 heteroatoms. The zero-order valence-electron chi connectivity index (χ0n) is 13.4. The molecule has 1 aromatic heterocycles. The first-order valence-electron chi connectivity index (χ1n) is 7.04. The minimum Gasteiger partial charge on any atom is -0.461 e. The van der Waals surface area contributed by atoms with E-state index in [1.807, 2.05) is 0 Å². The first kappa shape index (κ1) is 19.6. The molecule has 1 aromatic rings. The Labute approximate surface area is 141 Å². The Bertz CT molecular complexity index is 808. The van der Waals surface area contributed by atoms with E-state index in [4.69, 9.17) is 9.47 Å². The Morgan fingerprint density at radius 3 is 1.52 bits per heavy atom. The van der Waals surface area contributed by atoms with Crippen molar-refractivity contribution in [3.8, 4) is 0 Å². The molecule has 0 aromatic carbocycles. The fourth-order valence-electron chi connectivity index (χ4n) is 1.78. The maximum Gasteiger partial charge on any atom is 0.340 e. The summed E-state index contributed by atoms with van der Waals surface area (Å²) in [6.45, 7) is 8.66. The summed E-state index contributed by atoms with van der Waals surface area (Å²) in [5, 5.41) is 0. The highest BCUT2D eigenvalue weighted by atomic mass is 16.5. The summed E-state index contributed by atoms with van der Waals surface area (Å²) in [4.78, 5) is 58.6. The van der Waals surface area contributed by atoms with E-state index in [9.17, 15) is 24.0 Å². The Kier molecular flexibility index (Phi) is 7.07. The average molecular weight is 351 g/mol. The molecule has 0 N–H and O–H groups in total. The lowest BCUT2D eigenvalue weighted by atomic mass is 10.6. The van der Waals surface area contributed by atoms with E-state index in [0.29, 0.717) is 13.7 Å². The molecular weight excluding hydrogens is 334 g/mol. The van der Waals surface area contributed by atoms with Crippen molar-refractivity contribution in [3.05, 3.63) is 63.3 Å². The predicted octanol–water partition coefficient (Wildman–Crippen LogP) is -1.27. The topological polar surface area (TPSA) is 119 Å². The van der Waals surface area contributed by atoms with Crippen molar-refractivity contribution in [1.29, 1.82) is 0 Å². The van der Waals surface area contributed by atoms with E-state index in [-0.39, 0.29) is 26.3 Å². The van der Waals surface area contributed by atoms with Crippen LogP contribution in [0.1, 0.15) is 0 Å². The molecule has 0 fully saturated rings. The van der Waals surface area contributed by atoms with Gasteiger partial charge in [-0.25, -0.2) is 37.7 Å². The number of ether oxygens (including phenoxy) is 2. The molecule has 1 rings (SSSR count). The molecule has 0 radical (unpaired) electrons. The molecule has 0 spiro atoms. The summed E-state index contributed by atoms with van der Waals surface area (Å²) in [7, 11) is 0. The maximum atomic E-state index is 12.3. The average Bonchev–Trinajstić information content (AvgIpc) is 2.60. The zero-order valence-corrected chi connectivity index (χ0v) is 13.4. The fourth-order valence-corrected chi connectivity index (χ4v) is 1.78.